The number of likely N-dealkylation sites (tertiary alicyclic amines) is 1. The Morgan fingerprint density at radius 2 is 1.88 bits per heavy atom. The van der Waals surface area contributed by atoms with Gasteiger partial charge < -0.3 is 15.8 Å². The van der Waals surface area contributed by atoms with Crippen molar-refractivity contribution in [3.63, 3.8) is 0 Å². The van der Waals surface area contributed by atoms with Gasteiger partial charge in [0.15, 0.2) is 0 Å². The fourth-order valence-electron chi connectivity index (χ4n) is 2.28. The summed E-state index contributed by atoms with van der Waals surface area (Å²) >= 11 is 0. The standard InChI is InChI=1S/C13H19N3O/c1-16-9-7-13(17,8-10-16)12(15-14)11-5-3-2-4-6-11/h2-6,17H,7-10,14H2,1H3/b15-12+. The van der Waals surface area contributed by atoms with Gasteiger partial charge in [0.25, 0.3) is 0 Å². The molecule has 1 aliphatic heterocycles. The first-order chi connectivity index (χ1) is 8.15. The molecule has 1 fully saturated rings. The van der Waals surface area contributed by atoms with Gasteiger partial charge in [0.2, 0.25) is 0 Å². The first-order valence-electron chi connectivity index (χ1n) is 5.90. The number of piperidine rings is 1. The summed E-state index contributed by atoms with van der Waals surface area (Å²) in [4.78, 5) is 2.20. The van der Waals surface area contributed by atoms with E-state index >= 15 is 0 Å². The largest absolute Gasteiger partial charge is 0.383 e. The van der Waals surface area contributed by atoms with Crippen LogP contribution in [0.1, 0.15) is 18.4 Å². The molecule has 0 atom stereocenters. The van der Waals surface area contributed by atoms with E-state index in [2.05, 4.69) is 17.0 Å². The number of hydrogen-bond donors (Lipinski definition) is 2. The van der Waals surface area contributed by atoms with Crippen molar-refractivity contribution in [2.24, 2.45) is 10.9 Å². The minimum Gasteiger partial charge on any atom is -0.383 e. The summed E-state index contributed by atoms with van der Waals surface area (Å²) in [5.74, 6) is 5.47. The molecule has 4 heteroatoms. The van der Waals surface area contributed by atoms with Crippen molar-refractivity contribution in [1.29, 1.82) is 0 Å². The zero-order valence-electron chi connectivity index (χ0n) is 10.1. The minimum atomic E-state index is -0.886. The Hall–Kier alpha value is -1.39. The van der Waals surface area contributed by atoms with E-state index in [0.29, 0.717) is 18.6 Å². The summed E-state index contributed by atoms with van der Waals surface area (Å²) in [6, 6.07) is 9.66. The van der Waals surface area contributed by atoms with Crippen LogP contribution >= 0.6 is 0 Å². The van der Waals surface area contributed by atoms with E-state index in [9.17, 15) is 5.11 Å². The number of hydrazone groups is 1. The van der Waals surface area contributed by atoms with E-state index in [0.717, 1.165) is 18.7 Å². The first kappa shape index (κ1) is 12.1. The lowest BCUT2D eigenvalue weighted by atomic mass is 9.83. The molecule has 92 valence electrons. The molecule has 1 aromatic rings. The van der Waals surface area contributed by atoms with Gasteiger partial charge in [-0.25, -0.2) is 0 Å². The smallest absolute Gasteiger partial charge is 0.111 e. The number of nitrogens with two attached hydrogens (primary N) is 1. The van der Waals surface area contributed by atoms with Crippen molar-refractivity contribution in [1.82, 2.24) is 4.90 Å². The van der Waals surface area contributed by atoms with Gasteiger partial charge in [0.1, 0.15) is 5.60 Å². The zero-order chi connectivity index (χ0) is 12.3. The van der Waals surface area contributed by atoms with E-state index in [1.807, 2.05) is 30.3 Å². The lowest BCUT2D eigenvalue weighted by molar-refractivity contribution is 0.0440. The van der Waals surface area contributed by atoms with E-state index in [4.69, 9.17) is 5.84 Å². The van der Waals surface area contributed by atoms with Crippen LogP contribution < -0.4 is 5.84 Å². The van der Waals surface area contributed by atoms with Crippen molar-refractivity contribution in [2.45, 2.75) is 18.4 Å². The monoisotopic (exact) mass is 233 g/mol. The maximum Gasteiger partial charge on any atom is 0.111 e. The molecular formula is C13H19N3O. The highest BCUT2D eigenvalue weighted by molar-refractivity contribution is 6.06. The number of nitrogens with zero attached hydrogens (tertiary/aromatic N) is 2. The van der Waals surface area contributed by atoms with Crippen LogP contribution in [-0.2, 0) is 0 Å². The van der Waals surface area contributed by atoms with Crippen LogP contribution in [-0.4, -0.2) is 41.5 Å². The molecule has 0 unspecified atom stereocenters. The summed E-state index contributed by atoms with van der Waals surface area (Å²) in [6.45, 7) is 1.73. The van der Waals surface area contributed by atoms with Gasteiger partial charge in [-0.1, -0.05) is 30.3 Å². The van der Waals surface area contributed by atoms with Crippen LogP contribution in [0.2, 0.25) is 0 Å². The highest BCUT2D eigenvalue weighted by Crippen LogP contribution is 2.26. The third-order valence-electron chi connectivity index (χ3n) is 3.43. The molecule has 1 aliphatic rings. The average Bonchev–Trinajstić information content (AvgIpc) is 2.35. The second kappa shape index (κ2) is 4.85. The Bertz CT molecular complexity index is 394. The van der Waals surface area contributed by atoms with Crippen LogP contribution in [0.15, 0.2) is 35.4 Å². The summed E-state index contributed by atoms with van der Waals surface area (Å²) < 4.78 is 0. The molecule has 0 radical (unpaired) electrons. The predicted octanol–water partition coefficient (Wildman–Crippen LogP) is 0.806. The Balaban J connectivity index is 2.25. The van der Waals surface area contributed by atoms with Crippen molar-refractivity contribution in [3.8, 4) is 0 Å². The zero-order valence-corrected chi connectivity index (χ0v) is 10.1. The Morgan fingerprint density at radius 3 is 2.41 bits per heavy atom. The molecule has 17 heavy (non-hydrogen) atoms. The van der Waals surface area contributed by atoms with Gasteiger partial charge in [0, 0.05) is 18.7 Å². The van der Waals surface area contributed by atoms with Crippen LogP contribution in [0.5, 0.6) is 0 Å². The molecule has 0 bridgehead atoms. The average molecular weight is 233 g/mol. The number of aliphatic hydroxyl groups is 1. The van der Waals surface area contributed by atoms with Crippen LogP contribution in [0.4, 0.5) is 0 Å². The molecule has 4 nitrogen and oxygen atoms in total. The van der Waals surface area contributed by atoms with Crippen molar-refractivity contribution in [2.75, 3.05) is 20.1 Å². The summed E-state index contributed by atoms with van der Waals surface area (Å²) in [7, 11) is 2.06. The Kier molecular flexibility index (Phi) is 3.45. The Labute approximate surface area is 102 Å². The second-order valence-corrected chi connectivity index (χ2v) is 4.68. The molecule has 0 aliphatic carbocycles. The number of hydrogen-bond acceptors (Lipinski definition) is 4. The summed E-state index contributed by atoms with van der Waals surface area (Å²) in [5.41, 5.74) is 0.621. The maximum atomic E-state index is 10.7. The fraction of sp³-hybridized carbons (Fsp3) is 0.462. The first-order valence-corrected chi connectivity index (χ1v) is 5.90. The lowest BCUT2D eigenvalue weighted by Gasteiger charge is -2.37. The van der Waals surface area contributed by atoms with Crippen molar-refractivity contribution in [3.05, 3.63) is 35.9 Å². The molecule has 0 aromatic heterocycles. The quantitative estimate of drug-likeness (QED) is 0.451. The molecule has 1 saturated heterocycles. The van der Waals surface area contributed by atoms with Crippen LogP contribution in [0.25, 0.3) is 0 Å². The van der Waals surface area contributed by atoms with Gasteiger partial charge in [0.05, 0.1) is 5.71 Å². The predicted molar refractivity (Wildman–Crippen MR) is 68.8 cm³/mol. The van der Waals surface area contributed by atoms with E-state index in [-0.39, 0.29) is 0 Å². The molecule has 1 aromatic carbocycles. The minimum absolute atomic E-state index is 0.603. The molecule has 0 spiro atoms. The van der Waals surface area contributed by atoms with Gasteiger partial charge in [-0.3, -0.25) is 0 Å². The number of benzene rings is 1. The molecular weight excluding hydrogens is 214 g/mol. The number of rotatable bonds is 2. The van der Waals surface area contributed by atoms with Crippen molar-refractivity contribution < 1.29 is 5.11 Å². The molecule has 0 amide bonds. The SMILES string of the molecule is CN1CCC(O)(/C(=N/N)c2ccccc2)CC1. The highest BCUT2D eigenvalue weighted by Gasteiger charge is 2.37. The van der Waals surface area contributed by atoms with Gasteiger partial charge in [-0.05, 0) is 19.9 Å². The van der Waals surface area contributed by atoms with Gasteiger partial charge in [-0.2, -0.15) is 5.10 Å². The maximum absolute atomic E-state index is 10.7. The molecule has 3 N–H and O–H groups in total. The fourth-order valence-corrected chi connectivity index (χ4v) is 2.28. The topological polar surface area (TPSA) is 61.8 Å². The Morgan fingerprint density at radius 1 is 1.29 bits per heavy atom. The third-order valence-corrected chi connectivity index (χ3v) is 3.43. The molecule has 1 heterocycles. The van der Waals surface area contributed by atoms with Gasteiger partial charge >= 0.3 is 0 Å². The van der Waals surface area contributed by atoms with E-state index in [1.54, 1.807) is 0 Å². The van der Waals surface area contributed by atoms with E-state index in [1.165, 1.54) is 0 Å². The summed E-state index contributed by atoms with van der Waals surface area (Å²) in [5, 5.41) is 14.5. The normalized spacial score (nSPS) is 21.4. The highest BCUT2D eigenvalue weighted by atomic mass is 16.3. The van der Waals surface area contributed by atoms with Gasteiger partial charge in [-0.15, -0.1) is 0 Å². The molecule has 0 saturated carbocycles. The van der Waals surface area contributed by atoms with E-state index < -0.39 is 5.60 Å². The third kappa shape index (κ3) is 2.48. The van der Waals surface area contributed by atoms with Crippen LogP contribution in [0.3, 0.4) is 0 Å². The molecule has 2 rings (SSSR count). The summed E-state index contributed by atoms with van der Waals surface area (Å²) in [6.07, 6.45) is 1.35. The van der Waals surface area contributed by atoms with Crippen LogP contribution in [0, 0.1) is 0 Å². The second-order valence-electron chi connectivity index (χ2n) is 4.68. The lowest BCUT2D eigenvalue weighted by Crippen LogP contribution is -2.49. The van der Waals surface area contributed by atoms with Crippen molar-refractivity contribution >= 4 is 5.71 Å².